The molecule has 1 aromatic heterocycles. The van der Waals surface area contributed by atoms with E-state index in [9.17, 15) is 26.3 Å². The number of ether oxygens (including phenoxy) is 1. The lowest BCUT2D eigenvalue weighted by molar-refractivity contribution is -0.154. The highest BCUT2D eigenvalue weighted by Crippen LogP contribution is 2.31. The molecule has 0 radical (unpaired) electrons. The van der Waals surface area contributed by atoms with Crippen LogP contribution in [0.5, 0.6) is 6.01 Å². The van der Waals surface area contributed by atoms with E-state index in [1.807, 2.05) is 0 Å². The molecule has 0 amide bonds. The Morgan fingerprint density at radius 2 is 1.74 bits per heavy atom. The molecule has 0 spiro atoms. The standard InChI is InChI=1S/C14H12F6N5O.Al.2H/c1-2-21-10-23-11(25-12(24-10)26-7-13(15,16)17)22-9-5-3-4-8(6-9)14(18,19)20;;;/h2-6H,7H2,1H3,(H2,21,22,23,24,25);;;. The van der Waals surface area contributed by atoms with Crippen molar-refractivity contribution in [3.05, 3.63) is 29.8 Å². The molecule has 146 valence electrons. The minimum absolute atomic E-state index is 0.00247. The molecule has 0 saturated carbocycles. The lowest BCUT2D eigenvalue weighted by Crippen LogP contribution is -2.22. The molecule has 0 aliphatic heterocycles. The van der Waals surface area contributed by atoms with Crippen LogP contribution in [0.3, 0.4) is 0 Å². The van der Waals surface area contributed by atoms with Crippen molar-refractivity contribution in [1.29, 1.82) is 0 Å². The molecule has 2 N–H and O–H groups in total. The first-order chi connectivity index (χ1) is 12.4. The summed E-state index contributed by atoms with van der Waals surface area (Å²) in [6.45, 7) is 0.183. The Bertz CT molecular complexity index is 783. The average Bonchev–Trinajstić information content (AvgIpc) is 2.51. The number of benzene rings is 1. The van der Waals surface area contributed by atoms with Crippen molar-refractivity contribution >= 4 is 33.9 Å². The maximum atomic E-state index is 12.8. The molecule has 2 rings (SSSR count). The summed E-state index contributed by atoms with van der Waals surface area (Å²) in [4.78, 5) is 11.3. The number of aromatic nitrogens is 3. The van der Waals surface area contributed by atoms with Gasteiger partial charge in [0.15, 0.2) is 6.61 Å². The van der Waals surface area contributed by atoms with Gasteiger partial charge in [-0.3, -0.25) is 0 Å². The van der Waals surface area contributed by atoms with Crippen LogP contribution in [-0.2, 0) is 6.18 Å². The van der Waals surface area contributed by atoms with Crippen molar-refractivity contribution in [2.75, 3.05) is 17.2 Å². The molecule has 13 heteroatoms. The topological polar surface area (TPSA) is 72.0 Å². The van der Waals surface area contributed by atoms with E-state index in [1.165, 1.54) is 12.1 Å². The van der Waals surface area contributed by atoms with Crippen LogP contribution in [0, 0.1) is 0 Å². The fourth-order valence-corrected chi connectivity index (χ4v) is 2.11. The minimum atomic E-state index is -4.60. The fourth-order valence-electron chi connectivity index (χ4n) is 1.85. The van der Waals surface area contributed by atoms with E-state index >= 15 is 0 Å². The van der Waals surface area contributed by atoms with E-state index in [1.54, 1.807) is 6.92 Å². The van der Waals surface area contributed by atoms with Gasteiger partial charge in [0.1, 0.15) is 0 Å². The van der Waals surface area contributed by atoms with E-state index in [-0.39, 0.29) is 22.5 Å². The van der Waals surface area contributed by atoms with Gasteiger partial charge in [-0.15, -0.1) is 0 Å². The molecule has 0 saturated heterocycles. The van der Waals surface area contributed by atoms with Gasteiger partial charge in [-0.25, -0.2) is 0 Å². The van der Waals surface area contributed by atoms with Gasteiger partial charge >= 0.3 is 18.4 Å². The Morgan fingerprint density at radius 1 is 1.07 bits per heavy atom. The number of rotatable bonds is 6. The van der Waals surface area contributed by atoms with Crippen LogP contribution in [-0.4, -0.2) is 48.9 Å². The zero-order valence-electron chi connectivity index (χ0n) is 14.1. The first-order valence-corrected chi connectivity index (χ1v) is 8.74. The van der Waals surface area contributed by atoms with Gasteiger partial charge in [0.25, 0.3) is 0 Å². The van der Waals surface area contributed by atoms with Gasteiger partial charge in [0, 0.05) is 5.69 Å². The summed E-state index contributed by atoms with van der Waals surface area (Å²) in [6.07, 6.45) is -9.15. The van der Waals surface area contributed by atoms with E-state index in [4.69, 9.17) is 0 Å². The van der Waals surface area contributed by atoms with Gasteiger partial charge in [0.2, 0.25) is 28.2 Å². The highest BCUT2D eigenvalue weighted by atomic mass is 27.0. The molecule has 0 fully saturated rings. The number of alkyl halides is 6. The smallest absolute Gasteiger partial charge is 0.422 e. The number of hydrogen-bond donors (Lipinski definition) is 2. The molecule has 0 aliphatic rings. The van der Waals surface area contributed by atoms with Gasteiger partial charge in [0.05, 0.1) is 5.56 Å². The third-order valence-electron chi connectivity index (χ3n) is 2.84. The van der Waals surface area contributed by atoms with Crippen LogP contribution in [0.15, 0.2) is 24.3 Å². The molecule has 27 heavy (non-hydrogen) atoms. The number of nitrogens with zero attached hydrogens (tertiary/aromatic N) is 3. The second kappa shape index (κ2) is 8.18. The van der Waals surface area contributed by atoms with Crippen molar-refractivity contribution in [2.45, 2.75) is 24.2 Å². The molecule has 1 heterocycles. The zero-order valence-corrected chi connectivity index (χ0v) is 16.1. The van der Waals surface area contributed by atoms with Crippen LogP contribution in [0.25, 0.3) is 0 Å². The Kier molecular flexibility index (Phi) is 6.38. The third-order valence-corrected chi connectivity index (χ3v) is 3.13. The quantitative estimate of drug-likeness (QED) is 0.565. The second-order valence-corrected chi connectivity index (χ2v) is 7.40. The first-order valence-electron chi connectivity index (χ1n) is 7.59. The fraction of sp³-hybridized carbons (Fsp3) is 0.357. The van der Waals surface area contributed by atoms with Crippen LogP contribution in [0.2, 0.25) is 0 Å². The normalized spacial score (nSPS) is 13.1. The highest BCUT2D eigenvalue weighted by Gasteiger charge is 2.31. The molecule has 0 aliphatic carbocycles. The molecule has 1 unspecified atom stereocenters. The monoisotopic (exact) mass is 409 g/mol. The number of nitrogens with one attached hydrogen (secondary N) is 2. The van der Waals surface area contributed by atoms with Crippen LogP contribution >= 0.6 is 0 Å². The largest absolute Gasteiger partial charge is 0.454 e. The summed E-state index contributed by atoms with van der Waals surface area (Å²) in [5, 5.41) is 5.34. The van der Waals surface area contributed by atoms with E-state index < -0.39 is 30.5 Å². The van der Waals surface area contributed by atoms with Crippen molar-refractivity contribution in [2.24, 2.45) is 0 Å². The first kappa shape index (κ1) is 21.0. The van der Waals surface area contributed by atoms with Crippen molar-refractivity contribution in [3.8, 4) is 6.01 Å². The van der Waals surface area contributed by atoms with E-state index in [2.05, 4.69) is 30.3 Å². The Hall–Kier alpha value is -2.26. The SMILES string of the molecule is C[CH]([AlH2])Nc1nc(Nc2cccc(C(F)(F)F)c2)nc(OCC(F)(F)F)n1. The summed E-state index contributed by atoms with van der Waals surface area (Å²) in [5.41, 5.74) is -0.899. The van der Waals surface area contributed by atoms with E-state index in [0.29, 0.717) is 16.3 Å². The third kappa shape index (κ3) is 7.11. The molecule has 6 nitrogen and oxygen atoms in total. The Balaban J connectivity index is 2.29. The number of hydrogen-bond acceptors (Lipinski definition) is 6. The minimum Gasteiger partial charge on any atom is -0.454 e. The lowest BCUT2D eigenvalue weighted by atomic mass is 10.2. The van der Waals surface area contributed by atoms with Crippen LogP contribution in [0.1, 0.15) is 12.5 Å². The predicted octanol–water partition coefficient (Wildman–Crippen LogP) is 2.97. The van der Waals surface area contributed by atoms with Gasteiger partial charge in [-0.1, -0.05) is 13.0 Å². The zero-order chi connectivity index (χ0) is 20.2. The molecule has 1 atom stereocenters. The Labute approximate surface area is 157 Å². The van der Waals surface area contributed by atoms with Crippen LogP contribution < -0.4 is 15.4 Å². The van der Waals surface area contributed by atoms with Gasteiger partial charge < -0.3 is 15.4 Å². The molecular weight excluding hydrogens is 395 g/mol. The summed E-state index contributed by atoms with van der Waals surface area (Å²) >= 11 is 0.688. The van der Waals surface area contributed by atoms with Crippen molar-refractivity contribution in [3.63, 3.8) is 0 Å². The summed E-state index contributed by atoms with van der Waals surface area (Å²) in [6, 6.07) is 3.60. The van der Waals surface area contributed by atoms with Crippen LogP contribution in [0.4, 0.5) is 43.9 Å². The summed E-state index contributed by atoms with van der Waals surface area (Å²) < 4.78 is 79.9. The molecular formula is C14H14AlF6N5O. The number of halogens is 6. The average molecular weight is 409 g/mol. The highest BCUT2D eigenvalue weighted by molar-refractivity contribution is 6.12. The van der Waals surface area contributed by atoms with E-state index in [0.717, 1.165) is 12.1 Å². The maximum Gasteiger partial charge on any atom is 0.422 e. The van der Waals surface area contributed by atoms with Crippen molar-refractivity contribution in [1.82, 2.24) is 15.0 Å². The maximum absolute atomic E-state index is 12.8. The van der Waals surface area contributed by atoms with Gasteiger partial charge in [-0.2, -0.15) is 41.3 Å². The van der Waals surface area contributed by atoms with Gasteiger partial charge in [-0.05, 0) is 23.1 Å². The predicted molar refractivity (Wildman–Crippen MR) is 87.7 cm³/mol. The number of anilines is 3. The molecule has 0 bridgehead atoms. The summed E-state index contributed by atoms with van der Waals surface area (Å²) in [5.74, 6) is -0.314. The summed E-state index contributed by atoms with van der Waals surface area (Å²) in [7, 11) is 0. The molecule has 2 aromatic rings. The van der Waals surface area contributed by atoms with Crippen molar-refractivity contribution < 1.29 is 31.1 Å². The lowest BCUT2D eigenvalue weighted by Gasteiger charge is -2.14. The Morgan fingerprint density at radius 3 is 2.33 bits per heavy atom. The second-order valence-electron chi connectivity index (χ2n) is 5.67. The molecule has 1 aromatic carbocycles.